The first-order valence-electron chi connectivity index (χ1n) is 7.84. The van der Waals surface area contributed by atoms with Gasteiger partial charge in [-0.25, -0.2) is 0 Å². The van der Waals surface area contributed by atoms with Crippen molar-refractivity contribution in [1.82, 2.24) is 10.2 Å². The zero-order valence-electron chi connectivity index (χ0n) is 13.1. The molecule has 7 heteroatoms. The molecule has 25 heavy (non-hydrogen) atoms. The smallest absolute Gasteiger partial charge is 0.277 e. The highest BCUT2D eigenvalue weighted by Gasteiger charge is 2.26. The predicted octanol–water partition coefficient (Wildman–Crippen LogP) is 4.44. The van der Waals surface area contributed by atoms with Gasteiger partial charge in [0.15, 0.2) is 0 Å². The van der Waals surface area contributed by atoms with Crippen LogP contribution in [0.5, 0.6) is 0 Å². The Morgan fingerprint density at radius 2 is 1.92 bits per heavy atom. The highest BCUT2D eigenvalue weighted by molar-refractivity contribution is 8.00. The number of thioether (sulfide) groups is 1. The van der Waals surface area contributed by atoms with Gasteiger partial charge in [-0.05, 0) is 36.6 Å². The number of anilines is 1. The summed E-state index contributed by atoms with van der Waals surface area (Å²) in [5.41, 5.74) is 2.69. The largest absolute Gasteiger partial charge is 0.411 e. The van der Waals surface area contributed by atoms with E-state index in [1.165, 1.54) is 11.8 Å². The van der Waals surface area contributed by atoms with Crippen LogP contribution in [0, 0.1) is 0 Å². The average molecular weight is 372 g/mol. The molecule has 2 aromatic carbocycles. The van der Waals surface area contributed by atoms with Crippen molar-refractivity contribution in [2.24, 2.45) is 0 Å². The number of aromatic nitrogens is 2. The van der Waals surface area contributed by atoms with Crippen molar-refractivity contribution in [1.29, 1.82) is 0 Å². The standard InChI is InChI=1S/C18H14ClN3O2S/c19-13-7-3-2-6-12(13)17-21-22-18(24-17)25-15-10-9-11-5-1-4-8-14(11)20-16(15)23/h1-8,15H,9-10H2,(H,20,23). The van der Waals surface area contributed by atoms with Crippen molar-refractivity contribution in [3.05, 3.63) is 59.1 Å². The number of para-hydroxylation sites is 1. The van der Waals surface area contributed by atoms with Gasteiger partial charge in [-0.2, -0.15) is 0 Å². The topological polar surface area (TPSA) is 68.0 Å². The molecule has 0 aliphatic carbocycles. The molecule has 0 bridgehead atoms. The maximum Gasteiger partial charge on any atom is 0.277 e. The molecule has 1 aliphatic heterocycles. The number of benzene rings is 2. The van der Waals surface area contributed by atoms with Crippen LogP contribution in [0.4, 0.5) is 5.69 Å². The van der Waals surface area contributed by atoms with Crippen LogP contribution in [0.2, 0.25) is 5.02 Å². The minimum Gasteiger partial charge on any atom is -0.411 e. The molecular formula is C18H14ClN3O2S. The zero-order chi connectivity index (χ0) is 17.2. The predicted molar refractivity (Wildman–Crippen MR) is 97.8 cm³/mol. The van der Waals surface area contributed by atoms with Gasteiger partial charge < -0.3 is 9.73 Å². The van der Waals surface area contributed by atoms with Gasteiger partial charge in [0.25, 0.3) is 5.22 Å². The molecule has 0 fully saturated rings. The number of hydrogen-bond donors (Lipinski definition) is 1. The third kappa shape index (κ3) is 3.41. The van der Waals surface area contributed by atoms with Gasteiger partial charge in [0, 0.05) is 5.69 Å². The second-order valence-electron chi connectivity index (χ2n) is 5.64. The summed E-state index contributed by atoms with van der Waals surface area (Å²) >= 11 is 7.44. The van der Waals surface area contributed by atoms with E-state index in [2.05, 4.69) is 15.5 Å². The second-order valence-corrected chi connectivity index (χ2v) is 7.21. The fraction of sp³-hybridized carbons (Fsp3) is 0.167. The lowest BCUT2D eigenvalue weighted by Crippen LogP contribution is -2.23. The van der Waals surface area contributed by atoms with Crippen molar-refractivity contribution in [2.45, 2.75) is 23.3 Å². The van der Waals surface area contributed by atoms with Gasteiger partial charge >= 0.3 is 0 Å². The van der Waals surface area contributed by atoms with Gasteiger partial charge in [-0.1, -0.05) is 53.7 Å². The molecule has 4 rings (SSSR count). The van der Waals surface area contributed by atoms with Crippen LogP contribution in [-0.2, 0) is 11.2 Å². The number of halogens is 1. The third-order valence-electron chi connectivity index (χ3n) is 4.00. The first-order chi connectivity index (χ1) is 12.2. The summed E-state index contributed by atoms with van der Waals surface area (Å²) in [5, 5.41) is 11.7. The number of nitrogens with one attached hydrogen (secondary N) is 1. The lowest BCUT2D eigenvalue weighted by molar-refractivity contribution is -0.115. The number of nitrogens with zero attached hydrogens (tertiary/aromatic N) is 2. The minimum absolute atomic E-state index is 0.0487. The highest BCUT2D eigenvalue weighted by Crippen LogP contribution is 2.33. The molecule has 0 spiro atoms. The molecule has 126 valence electrons. The highest BCUT2D eigenvalue weighted by atomic mass is 35.5. The summed E-state index contributed by atoms with van der Waals surface area (Å²) in [6.07, 6.45) is 1.52. The molecule has 1 N–H and O–H groups in total. The number of amides is 1. The average Bonchev–Trinajstić information content (AvgIpc) is 3.01. The number of aryl methyl sites for hydroxylation is 1. The molecule has 5 nitrogen and oxygen atoms in total. The van der Waals surface area contributed by atoms with Crippen LogP contribution in [0.3, 0.4) is 0 Å². The van der Waals surface area contributed by atoms with Crippen LogP contribution < -0.4 is 5.32 Å². The molecule has 1 aromatic heterocycles. The Hall–Kier alpha value is -2.31. The molecule has 1 atom stereocenters. The maximum atomic E-state index is 12.5. The SMILES string of the molecule is O=C1Nc2ccccc2CCC1Sc1nnc(-c2ccccc2Cl)o1. The molecule has 1 amide bonds. The van der Waals surface area contributed by atoms with Crippen LogP contribution in [0.25, 0.3) is 11.5 Å². The van der Waals surface area contributed by atoms with E-state index in [4.69, 9.17) is 16.0 Å². The lowest BCUT2D eigenvalue weighted by atomic mass is 10.1. The molecule has 0 radical (unpaired) electrons. The Morgan fingerprint density at radius 3 is 2.80 bits per heavy atom. The van der Waals surface area contributed by atoms with Gasteiger partial charge in [-0.3, -0.25) is 4.79 Å². The summed E-state index contributed by atoms with van der Waals surface area (Å²) in [4.78, 5) is 12.5. The number of hydrogen-bond acceptors (Lipinski definition) is 5. The Kier molecular flexibility index (Phi) is 4.46. The monoisotopic (exact) mass is 371 g/mol. The Balaban J connectivity index is 1.52. The zero-order valence-corrected chi connectivity index (χ0v) is 14.7. The molecule has 1 aliphatic rings. The maximum absolute atomic E-state index is 12.5. The van der Waals surface area contributed by atoms with Crippen LogP contribution in [-0.4, -0.2) is 21.4 Å². The van der Waals surface area contributed by atoms with Gasteiger partial charge in [-0.15, -0.1) is 10.2 Å². The van der Waals surface area contributed by atoms with Crippen molar-refractivity contribution >= 4 is 35.0 Å². The van der Waals surface area contributed by atoms with Crippen LogP contribution >= 0.6 is 23.4 Å². The molecule has 2 heterocycles. The van der Waals surface area contributed by atoms with E-state index < -0.39 is 0 Å². The second kappa shape index (κ2) is 6.90. The summed E-state index contributed by atoms with van der Waals surface area (Å²) < 4.78 is 5.70. The summed E-state index contributed by atoms with van der Waals surface area (Å²) in [6.45, 7) is 0. The van der Waals surface area contributed by atoms with Crippen molar-refractivity contribution in [3.63, 3.8) is 0 Å². The Labute approximate surface area is 153 Å². The summed E-state index contributed by atoms with van der Waals surface area (Å²) in [5.74, 6) is 0.304. The van der Waals surface area contributed by atoms with E-state index in [0.29, 0.717) is 28.1 Å². The third-order valence-corrected chi connectivity index (χ3v) is 5.43. The van der Waals surface area contributed by atoms with Gasteiger partial charge in [0.1, 0.15) is 0 Å². The molecule has 3 aromatic rings. The van der Waals surface area contributed by atoms with Gasteiger partial charge in [0.05, 0.1) is 15.8 Å². The van der Waals surface area contributed by atoms with E-state index in [1.807, 2.05) is 42.5 Å². The molecule has 0 saturated heterocycles. The number of carbonyl (C=O) groups is 1. The van der Waals surface area contributed by atoms with E-state index in [9.17, 15) is 4.79 Å². The van der Waals surface area contributed by atoms with E-state index in [0.717, 1.165) is 17.7 Å². The first kappa shape index (κ1) is 16.2. The fourth-order valence-corrected chi connectivity index (χ4v) is 3.80. The quantitative estimate of drug-likeness (QED) is 0.737. The van der Waals surface area contributed by atoms with E-state index >= 15 is 0 Å². The summed E-state index contributed by atoms with van der Waals surface area (Å²) in [6, 6.07) is 15.1. The van der Waals surface area contributed by atoms with Gasteiger partial charge in [0.2, 0.25) is 11.8 Å². The first-order valence-corrected chi connectivity index (χ1v) is 9.10. The van der Waals surface area contributed by atoms with Crippen LogP contribution in [0.1, 0.15) is 12.0 Å². The fourth-order valence-electron chi connectivity index (χ4n) is 2.73. The lowest BCUT2D eigenvalue weighted by Gasteiger charge is -2.09. The number of rotatable bonds is 3. The van der Waals surface area contributed by atoms with Crippen LogP contribution in [0.15, 0.2) is 58.2 Å². The van der Waals surface area contributed by atoms with Crippen molar-refractivity contribution < 1.29 is 9.21 Å². The van der Waals surface area contributed by atoms with E-state index in [-0.39, 0.29) is 11.2 Å². The Morgan fingerprint density at radius 1 is 1.12 bits per heavy atom. The normalized spacial score (nSPS) is 16.8. The van der Waals surface area contributed by atoms with E-state index in [1.54, 1.807) is 6.07 Å². The number of fused-ring (bicyclic) bond motifs is 1. The van der Waals surface area contributed by atoms with Crippen molar-refractivity contribution in [3.8, 4) is 11.5 Å². The minimum atomic E-state index is -0.285. The Bertz CT molecular complexity index is 928. The molecule has 1 unspecified atom stereocenters. The summed E-state index contributed by atoms with van der Waals surface area (Å²) in [7, 11) is 0. The van der Waals surface area contributed by atoms with Crippen molar-refractivity contribution in [2.75, 3.05) is 5.32 Å². The number of carbonyl (C=O) groups excluding carboxylic acids is 1. The molecular weight excluding hydrogens is 358 g/mol. The molecule has 0 saturated carbocycles.